The highest BCUT2D eigenvalue weighted by molar-refractivity contribution is 4.71. The molecule has 0 aromatic carbocycles. The van der Waals surface area contributed by atoms with Gasteiger partial charge in [0.2, 0.25) is 0 Å². The standard InChI is InChI=1S/C6H14NO/c1-3-4-5-6(2,7)8/h8H,2-5,7H2,1H3. The fourth-order valence-corrected chi connectivity index (χ4v) is 0.483. The van der Waals surface area contributed by atoms with Crippen molar-refractivity contribution < 1.29 is 5.11 Å². The molecular formula is C6H14NO. The second kappa shape index (κ2) is 3.05. The Morgan fingerprint density at radius 3 is 2.38 bits per heavy atom. The molecule has 0 bridgehead atoms. The molecule has 0 saturated carbocycles. The smallest absolute Gasteiger partial charge is 0.113 e. The van der Waals surface area contributed by atoms with E-state index in [1.807, 2.05) is 6.92 Å². The van der Waals surface area contributed by atoms with Gasteiger partial charge in [0.25, 0.3) is 0 Å². The molecule has 0 heterocycles. The second-order valence-electron chi connectivity index (χ2n) is 2.21. The van der Waals surface area contributed by atoms with Gasteiger partial charge in [-0.3, -0.25) is 0 Å². The van der Waals surface area contributed by atoms with Gasteiger partial charge in [0.1, 0.15) is 5.72 Å². The Balaban J connectivity index is 3.11. The third-order valence-electron chi connectivity index (χ3n) is 0.963. The molecule has 1 radical (unpaired) electrons. The highest BCUT2D eigenvalue weighted by Gasteiger charge is 2.10. The average molecular weight is 116 g/mol. The van der Waals surface area contributed by atoms with E-state index >= 15 is 0 Å². The summed E-state index contributed by atoms with van der Waals surface area (Å²) in [6.07, 6.45) is 2.58. The molecule has 0 rings (SSSR count). The molecule has 0 fully saturated rings. The molecule has 0 saturated heterocycles. The Labute approximate surface area is 50.7 Å². The van der Waals surface area contributed by atoms with E-state index in [4.69, 9.17) is 10.8 Å². The van der Waals surface area contributed by atoms with Gasteiger partial charge in [-0.1, -0.05) is 13.3 Å². The van der Waals surface area contributed by atoms with Gasteiger partial charge < -0.3 is 10.8 Å². The van der Waals surface area contributed by atoms with Gasteiger partial charge in [-0.25, -0.2) is 0 Å². The minimum absolute atomic E-state index is 0.587. The molecule has 0 spiro atoms. The molecule has 49 valence electrons. The lowest BCUT2D eigenvalue weighted by atomic mass is 10.1. The number of hydrogen-bond acceptors (Lipinski definition) is 2. The molecular weight excluding hydrogens is 102 g/mol. The van der Waals surface area contributed by atoms with Crippen LogP contribution in [0.3, 0.4) is 0 Å². The number of unbranched alkanes of at least 4 members (excludes halogenated alkanes) is 1. The van der Waals surface area contributed by atoms with Gasteiger partial charge in [0.15, 0.2) is 0 Å². The van der Waals surface area contributed by atoms with Crippen LogP contribution in [0.1, 0.15) is 26.2 Å². The van der Waals surface area contributed by atoms with E-state index < -0.39 is 5.72 Å². The first-order chi connectivity index (χ1) is 3.56. The summed E-state index contributed by atoms with van der Waals surface area (Å²) in [7, 11) is 0. The van der Waals surface area contributed by atoms with Crippen molar-refractivity contribution in [2.45, 2.75) is 31.9 Å². The summed E-state index contributed by atoms with van der Waals surface area (Å²) in [4.78, 5) is 0. The summed E-state index contributed by atoms with van der Waals surface area (Å²) in [5.41, 5.74) is 3.97. The Morgan fingerprint density at radius 1 is 1.75 bits per heavy atom. The lowest BCUT2D eigenvalue weighted by molar-refractivity contribution is 0.0832. The van der Waals surface area contributed by atoms with E-state index in [0.717, 1.165) is 12.8 Å². The van der Waals surface area contributed by atoms with E-state index in [1.54, 1.807) is 0 Å². The summed E-state index contributed by atoms with van der Waals surface area (Å²) in [6.45, 7) is 5.39. The molecule has 0 aliphatic rings. The van der Waals surface area contributed by atoms with Crippen LogP contribution in [0.2, 0.25) is 0 Å². The maximum atomic E-state index is 8.82. The van der Waals surface area contributed by atoms with Crippen LogP contribution < -0.4 is 5.73 Å². The minimum atomic E-state index is -1.20. The third-order valence-corrected chi connectivity index (χ3v) is 0.963. The largest absolute Gasteiger partial charge is 0.376 e. The quantitative estimate of drug-likeness (QED) is 0.532. The molecule has 0 aliphatic carbocycles. The summed E-state index contributed by atoms with van der Waals surface area (Å²) < 4.78 is 0. The molecule has 3 N–H and O–H groups in total. The fraction of sp³-hybridized carbons (Fsp3) is 0.833. The first-order valence-electron chi connectivity index (χ1n) is 2.93. The monoisotopic (exact) mass is 116 g/mol. The van der Waals surface area contributed by atoms with Crippen LogP contribution >= 0.6 is 0 Å². The van der Waals surface area contributed by atoms with Gasteiger partial charge in [-0.2, -0.15) is 0 Å². The molecule has 1 atom stereocenters. The van der Waals surface area contributed by atoms with Crippen molar-refractivity contribution in [2.75, 3.05) is 0 Å². The topological polar surface area (TPSA) is 46.2 Å². The van der Waals surface area contributed by atoms with Crippen LogP contribution in [0.25, 0.3) is 0 Å². The first kappa shape index (κ1) is 7.92. The van der Waals surface area contributed by atoms with Gasteiger partial charge >= 0.3 is 0 Å². The van der Waals surface area contributed by atoms with E-state index in [0.29, 0.717) is 6.42 Å². The van der Waals surface area contributed by atoms with E-state index in [1.165, 1.54) is 0 Å². The van der Waals surface area contributed by atoms with Crippen LogP contribution in [-0.4, -0.2) is 10.8 Å². The fourth-order valence-electron chi connectivity index (χ4n) is 0.483. The molecule has 0 amide bonds. The van der Waals surface area contributed by atoms with E-state index in [2.05, 4.69) is 6.92 Å². The van der Waals surface area contributed by atoms with Crippen molar-refractivity contribution in [3.63, 3.8) is 0 Å². The number of nitrogens with two attached hydrogens (primary N) is 1. The maximum absolute atomic E-state index is 8.82. The molecule has 0 aliphatic heterocycles. The highest BCUT2D eigenvalue weighted by atomic mass is 16.3. The van der Waals surface area contributed by atoms with Crippen molar-refractivity contribution in [1.29, 1.82) is 0 Å². The molecule has 1 unspecified atom stereocenters. The minimum Gasteiger partial charge on any atom is -0.376 e. The molecule has 8 heavy (non-hydrogen) atoms. The van der Waals surface area contributed by atoms with Gasteiger partial charge in [0.05, 0.1) is 0 Å². The van der Waals surface area contributed by atoms with Crippen LogP contribution in [0.5, 0.6) is 0 Å². The second-order valence-corrected chi connectivity index (χ2v) is 2.21. The Morgan fingerprint density at radius 2 is 2.25 bits per heavy atom. The Kier molecular flexibility index (Phi) is 3.02. The van der Waals surface area contributed by atoms with Crippen molar-refractivity contribution in [2.24, 2.45) is 5.73 Å². The average Bonchev–Trinajstić information content (AvgIpc) is 1.59. The van der Waals surface area contributed by atoms with Crippen LogP contribution in [0.4, 0.5) is 0 Å². The Bertz CT molecular complexity index is 56.0. The molecule has 2 heteroatoms. The predicted molar refractivity (Wildman–Crippen MR) is 34.0 cm³/mol. The molecule has 0 aromatic rings. The summed E-state index contributed by atoms with van der Waals surface area (Å²) >= 11 is 0. The highest BCUT2D eigenvalue weighted by Crippen LogP contribution is 2.04. The van der Waals surface area contributed by atoms with Crippen molar-refractivity contribution >= 4 is 0 Å². The van der Waals surface area contributed by atoms with Gasteiger partial charge in [-0.05, 0) is 19.8 Å². The Hall–Kier alpha value is -0.0800. The van der Waals surface area contributed by atoms with Gasteiger partial charge in [0, 0.05) is 0 Å². The molecule has 2 nitrogen and oxygen atoms in total. The third kappa shape index (κ3) is 5.92. The lowest BCUT2D eigenvalue weighted by Crippen LogP contribution is -2.35. The summed E-state index contributed by atoms with van der Waals surface area (Å²) in [6, 6.07) is 0. The van der Waals surface area contributed by atoms with E-state index in [-0.39, 0.29) is 0 Å². The zero-order chi connectivity index (χ0) is 6.62. The van der Waals surface area contributed by atoms with Crippen LogP contribution in [0, 0.1) is 6.92 Å². The van der Waals surface area contributed by atoms with Crippen molar-refractivity contribution in [1.82, 2.24) is 0 Å². The summed E-state index contributed by atoms with van der Waals surface area (Å²) in [5.74, 6) is 0. The zero-order valence-electron chi connectivity index (χ0n) is 5.35. The predicted octanol–water partition coefficient (Wildman–Crippen LogP) is 0.658. The van der Waals surface area contributed by atoms with Crippen LogP contribution in [-0.2, 0) is 0 Å². The maximum Gasteiger partial charge on any atom is 0.113 e. The van der Waals surface area contributed by atoms with Crippen molar-refractivity contribution in [3.8, 4) is 0 Å². The first-order valence-corrected chi connectivity index (χ1v) is 2.93. The summed E-state index contributed by atoms with van der Waals surface area (Å²) in [5, 5.41) is 8.82. The van der Waals surface area contributed by atoms with E-state index in [9.17, 15) is 0 Å². The number of hydrogen-bond donors (Lipinski definition) is 2. The normalized spacial score (nSPS) is 18.0. The lowest BCUT2D eigenvalue weighted by Gasteiger charge is -2.15. The number of aliphatic hydroxyl groups is 1. The van der Waals surface area contributed by atoms with Crippen LogP contribution in [0.15, 0.2) is 0 Å². The molecule has 0 aromatic heterocycles. The SMILES string of the molecule is [CH2]C(N)(O)CCCC. The van der Waals surface area contributed by atoms with Gasteiger partial charge in [-0.15, -0.1) is 0 Å². The zero-order valence-corrected chi connectivity index (χ0v) is 5.35. The van der Waals surface area contributed by atoms with Crippen molar-refractivity contribution in [3.05, 3.63) is 6.92 Å². The number of rotatable bonds is 3.